The first-order valence-corrected chi connectivity index (χ1v) is 7.58. The van der Waals surface area contributed by atoms with E-state index in [0.29, 0.717) is 17.7 Å². The first kappa shape index (κ1) is 16.2. The normalized spacial score (nSPS) is 23.4. The highest BCUT2D eigenvalue weighted by molar-refractivity contribution is 5.94. The summed E-state index contributed by atoms with van der Waals surface area (Å²) in [6.45, 7) is 1.97. The summed E-state index contributed by atoms with van der Waals surface area (Å²) < 4.78 is 1.45. The third-order valence-corrected chi connectivity index (χ3v) is 4.38. The van der Waals surface area contributed by atoms with E-state index in [2.05, 4.69) is 10.4 Å². The van der Waals surface area contributed by atoms with Crippen molar-refractivity contribution in [3.05, 3.63) is 17.0 Å². The number of hydrogen-bond acceptors (Lipinski definition) is 5. The molecule has 1 unspecified atom stereocenters. The summed E-state index contributed by atoms with van der Waals surface area (Å²) in [6.07, 6.45) is -1.51. The van der Waals surface area contributed by atoms with Crippen LogP contribution in [0.15, 0.2) is 0 Å². The molecule has 10 heteroatoms. The maximum atomic E-state index is 12.6. The van der Waals surface area contributed by atoms with Crippen LogP contribution in [-0.4, -0.2) is 69.0 Å². The molecule has 1 aromatic rings. The molecule has 2 atom stereocenters. The minimum absolute atomic E-state index is 0.0829. The Morgan fingerprint density at radius 3 is 2.75 bits per heavy atom. The van der Waals surface area contributed by atoms with Crippen LogP contribution in [0.4, 0.5) is 4.79 Å². The molecule has 10 nitrogen and oxygen atoms in total. The second-order valence-corrected chi connectivity index (χ2v) is 5.93. The van der Waals surface area contributed by atoms with Crippen LogP contribution in [0.1, 0.15) is 28.7 Å². The van der Waals surface area contributed by atoms with E-state index in [-0.39, 0.29) is 30.7 Å². The van der Waals surface area contributed by atoms with Crippen molar-refractivity contribution in [2.24, 2.45) is 0 Å². The molecule has 0 aliphatic carbocycles. The predicted octanol–water partition coefficient (Wildman–Crippen LogP) is -0.560. The lowest BCUT2D eigenvalue weighted by Gasteiger charge is -2.30. The van der Waals surface area contributed by atoms with Crippen LogP contribution in [0.5, 0.6) is 0 Å². The van der Waals surface area contributed by atoms with E-state index < -0.39 is 18.1 Å². The summed E-state index contributed by atoms with van der Waals surface area (Å²) in [5, 5.41) is 17.3. The smallest absolute Gasteiger partial charge is 0.407 e. The van der Waals surface area contributed by atoms with Crippen molar-refractivity contribution >= 4 is 17.9 Å². The van der Waals surface area contributed by atoms with Crippen molar-refractivity contribution < 1.29 is 24.3 Å². The van der Waals surface area contributed by atoms with Crippen LogP contribution in [0.2, 0.25) is 0 Å². The quantitative estimate of drug-likeness (QED) is 0.709. The molecule has 0 radical (unpaired) electrons. The standard InChI is InChI=1S/C14H19N5O5/c1-7-4-9-8(5-18(7)14(22)23)11-13(21)17(3)24-10(12(20)15-2)6-19(11)16-9/h7,10H,4-6H2,1-3H3,(H,15,20)(H,22,23)/t7-,10?/m1/s1. The highest BCUT2D eigenvalue weighted by Gasteiger charge is 2.38. The zero-order valence-electron chi connectivity index (χ0n) is 13.6. The van der Waals surface area contributed by atoms with Crippen molar-refractivity contribution in [3.63, 3.8) is 0 Å². The fourth-order valence-corrected chi connectivity index (χ4v) is 3.09. The largest absolute Gasteiger partial charge is 0.465 e. The van der Waals surface area contributed by atoms with E-state index in [1.165, 1.54) is 23.7 Å². The monoisotopic (exact) mass is 337 g/mol. The van der Waals surface area contributed by atoms with Gasteiger partial charge in [-0.25, -0.2) is 9.86 Å². The number of nitrogens with zero attached hydrogens (tertiary/aromatic N) is 4. The molecule has 0 spiro atoms. The number of likely N-dealkylation sites (N-methyl/N-ethyl adjacent to an activating group) is 1. The van der Waals surface area contributed by atoms with E-state index in [1.807, 2.05) is 0 Å². The SMILES string of the molecule is CNC(=O)C1Cn2nc3c(c2C(=O)N(C)O1)CN(C(=O)O)[C@H](C)C3. The first-order chi connectivity index (χ1) is 11.3. The molecule has 3 rings (SSSR count). The van der Waals surface area contributed by atoms with Gasteiger partial charge in [0.2, 0.25) is 0 Å². The van der Waals surface area contributed by atoms with Gasteiger partial charge in [-0.2, -0.15) is 5.10 Å². The Kier molecular flexibility index (Phi) is 3.91. The van der Waals surface area contributed by atoms with Crippen molar-refractivity contribution in [1.82, 2.24) is 25.1 Å². The molecule has 2 aliphatic heterocycles. The van der Waals surface area contributed by atoms with Crippen molar-refractivity contribution in [3.8, 4) is 0 Å². The van der Waals surface area contributed by atoms with Crippen molar-refractivity contribution in [2.45, 2.75) is 38.6 Å². The minimum atomic E-state index is -1.04. The van der Waals surface area contributed by atoms with E-state index >= 15 is 0 Å². The zero-order chi connectivity index (χ0) is 17.6. The molecule has 0 saturated carbocycles. The molecule has 24 heavy (non-hydrogen) atoms. The van der Waals surface area contributed by atoms with Crippen LogP contribution in [0, 0.1) is 0 Å². The Balaban J connectivity index is 2.04. The molecular formula is C14H19N5O5. The first-order valence-electron chi connectivity index (χ1n) is 7.58. The Morgan fingerprint density at radius 2 is 2.12 bits per heavy atom. The lowest BCUT2D eigenvalue weighted by Crippen LogP contribution is -2.42. The van der Waals surface area contributed by atoms with Gasteiger partial charge in [0.15, 0.2) is 6.10 Å². The van der Waals surface area contributed by atoms with Gasteiger partial charge in [-0.3, -0.25) is 19.1 Å². The number of nitrogens with one attached hydrogen (secondary N) is 1. The molecule has 0 aromatic carbocycles. The Labute approximate surface area is 137 Å². The molecule has 3 heterocycles. The summed E-state index contributed by atoms with van der Waals surface area (Å²) in [5.41, 5.74) is 1.54. The van der Waals surface area contributed by atoms with Gasteiger partial charge in [0.05, 0.1) is 18.8 Å². The summed E-state index contributed by atoms with van der Waals surface area (Å²) in [5.74, 6) is -0.813. The van der Waals surface area contributed by atoms with Gasteiger partial charge in [0.1, 0.15) is 5.69 Å². The number of hydrogen-bond donors (Lipinski definition) is 2. The van der Waals surface area contributed by atoms with Gasteiger partial charge in [-0.05, 0) is 6.92 Å². The van der Waals surface area contributed by atoms with Gasteiger partial charge in [-0.15, -0.1) is 0 Å². The van der Waals surface area contributed by atoms with Gasteiger partial charge < -0.3 is 15.3 Å². The lowest BCUT2D eigenvalue weighted by molar-refractivity contribution is -0.168. The average molecular weight is 337 g/mol. The molecule has 0 fully saturated rings. The van der Waals surface area contributed by atoms with Crippen LogP contribution in [0.3, 0.4) is 0 Å². The highest BCUT2D eigenvalue weighted by Crippen LogP contribution is 2.28. The van der Waals surface area contributed by atoms with Crippen LogP contribution >= 0.6 is 0 Å². The van der Waals surface area contributed by atoms with Crippen molar-refractivity contribution in [1.29, 1.82) is 0 Å². The summed E-state index contributed by atoms with van der Waals surface area (Å²) in [4.78, 5) is 42.6. The fraction of sp³-hybridized carbons (Fsp3) is 0.571. The number of carbonyl (C=O) groups excluding carboxylic acids is 2. The van der Waals surface area contributed by atoms with Gasteiger partial charge in [0, 0.05) is 32.1 Å². The second-order valence-electron chi connectivity index (χ2n) is 5.93. The molecule has 2 N–H and O–H groups in total. The van der Waals surface area contributed by atoms with Crippen molar-refractivity contribution in [2.75, 3.05) is 14.1 Å². The van der Waals surface area contributed by atoms with Crippen LogP contribution in [0.25, 0.3) is 0 Å². The molecule has 2 aliphatic rings. The number of hydroxylamine groups is 2. The predicted molar refractivity (Wildman–Crippen MR) is 80.0 cm³/mol. The van der Waals surface area contributed by atoms with Gasteiger partial charge in [-0.1, -0.05) is 0 Å². The van der Waals surface area contributed by atoms with E-state index in [9.17, 15) is 19.5 Å². The number of amides is 3. The highest BCUT2D eigenvalue weighted by atomic mass is 16.7. The molecule has 130 valence electrons. The number of aromatic nitrogens is 2. The number of carbonyl (C=O) groups is 3. The number of fused-ring (bicyclic) bond motifs is 3. The fourth-order valence-electron chi connectivity index (χ4n) is 3.09. The second kappa shape index (κ2) is 5.78. The van der Waals surface area contributed by atoms with Crippen LogP contribution in [-0.2, 0) is 29.1 Å². The number of rotatable bonds is 1. The Bertz CT molecular complexity index is 715. The Morgan fingerprint density at radius 1 is 1.42 bits per heavy atom. The average Bonchev–Trinajstić information content (AvgIpc) is 2.82. The van der Waals surface area contributed by atoms with E-state index in [1.54, 1.807) is 6.92 Å². The lowest BCUT2D eigenvalue weighted by atomic mass is 10.00. The van der Waals surface area contributed by atoms with Gasteiger partial charge in [0.25, 0.3) is 11.8 Å². The summed E-state index contributed by atoms with van der Waals surface area (Å²) in [6, 6.07) is -0.229. The third-order valence-electron chi connectivity index (χ3n) is 4.38. The zero-order valence-corrected chi connectivity index (χ0v) is 13.6. The molecule has 0 bridgehead atoms. The van der Waals surface area contributed by atoms with Gasteiger partial charge >= 0.3 is 6.09 Å². The maximum Gasteiger partial charge on any atom is 0.407 e. The molecular weight excluding hydrogens is 318 g/mol. The maximum absolute atomic E-state index is 12.6. The summed E-state index contributed by atoms with van der Waals surface area (Å²) in [7, 11) is 2.91. The minimum Gasteiger partial charge on any atom is -0.465 e. The topological polar surface area (TPSA) is 117 Å². The molecule has 3 amide bonds. The van der Waals surface area contributed by atoms with E-state index in [0.717, 1.165) is 5.06 Å². The molecule has 1 aromatic heterocycles. The number of carboxylic acid groups (broad SMARTS) is 1. The van der Waals surface area contributed by atoms with Crippen LogP contribution < -0.4 is 5.32 Å². The third kappa shape index (κ3) is 2.48. The van der Waals surface area contributed by atoms with E-state index in [4.69, 9.17) is 4.84 Å². The summed E-state index contributed by atoms with van der Waals surface area (Å²) >= 11 is 0. The molecule has 0 saturated heterocycles. The Hall–Kier alpha value is -2.62.